The first-order valence-electron chi connectivity index (χ1n) is 9.82. The van der Waals surface area contributed by atoms with E-state index in [0.717, 1.165) is 6.42 Å². The number of alkyl halides is 1. The lowest BCUT2D eigenvalue weighted by Crippen LogP contribution is -2.29. The van der Waals surface area contributed by atoms with Crippen molar-refractivity contribution in [3.8, 4) is 22.7 Å². The Kier molecular flexibility index (Phi) is 5.15. The van der Waals surface area contributed by atoms with Gasteiger partial charge in [0.1, 0.15) is 17.6 Å². The van der Waals surface area contributed by atoms with E-state index in [9.17, 15) is 9.50 Å². The molecule has 0 spiro atoms. The van der Waals surface area contributed by atoms with Crippen LogP contribution in [0.25, 0.3) is 22.5 Å². The number of benzene rings is 1. The summed E-state index contributed by atoms with van der Waals surface area (Å²) >= 11 is 0. The summed E-state index contributed by atoms with van der Waals surface area (Å²) in [5.41, 5.74) is 2.03. The molecule has 0 fully saturated rings. The monoisotopic (exact) mass is 406 g/mol. The lowest BCUT2D eigenvalue weighted by molar-refractivity contribution is 0.224. The van der Waals surface area contributed by atoms with Gasteiger partial charge in [-0.05, 0) is 36.0 Å². The number of rotatable bonds is 5. The predicted octanol–water partition coefficient (Wildman–Crippen LogP) is 4.17. The number of phenolic OH excluding ortho intramolecular Hbond substituents is 1. The van der Waals surface area contributed by atoms with Crippen molar-refractivity contribution in [2.75, 3.05) is 0 Å². The van der Waals surface area contributed by atoms with E-state index in [-0.39, 0.29) is 17.1 Å². The minimum absolute atomic E-state index is 0.0191. The Morgan fingerprint density at radius 2 is 2.20 bits per heavy atom. The molecule has 8 heteroatoms. The van der Waals surface area contributed by atoms with Gasteiger partial charge in [0, 0.05) is 17.5 Å². The Bertz CT molecular complexity index is 1080. The molecular formula is C22H23FN6O. The fourth-order valence-electron chi connectivity index (χ4n) is 3.66. The van der Waals surface area contributed by atoms with Crippen LogP contribution in [0, 0.1) is 11.3 Å². The van der Waals surface area contributed by atoms with Gasteiger partial charge in [-0.25, -0.2) is 14.1 Å². The van der Waals surface area contributed by atoms with Crippen molar-refractivity contribution in [2.45, 2.75) is 32.9 Å². The summed E-state index contributed by atoms with van der Waals surface area (Å²) in [5, 5.41) is 26.4. The molecule has 1 aliphatic rings. The number of allylic oxidation sites excluding steroid dienone is 3. The van der Waals surface area contributed by atoms with Crippen LogP contribution in [0.15, 0.2) is 55.5 Å². The first-order chi connectivity index (χ1) is 14.4. The van der Waals surface area contributed by atoms with Crippen LogP contribution >= 0.6 is 0 Å². The molecule has 0 amide bonds. The number of phenols is 1. The summed E-state index contributed by atoms with van der Waals surface area (Å²) in [6.45, 7) is 8.26. The average molecular weight is 406 g/mol. The van der Waals surface area contributed by atoms with Gasteiger partial charge in [0.2, 0.25) is 0 Å². The maximum absolute atomic E-state index is 14.5. The molecule has 1 N–H and O–H groups in total. The van der Waals surface area contributed by atoms with Gasteiger partial charge in [-0.2, -0.15) is 0 Å². The maximum atomic E-state index is 14.5. The second-order valence-corrected chi connectivity index (χ2v) is 7.86. The molecule has 0 saturated carbocycles. The molecule has 3 aromatic rings. The van der Waals surface area contributed by atoms with Crippen LogP contribution in [0.3, 0.4) is 0 Å². The number of aromatic nitrogens is 6. The molecule has 0 unspecified atom stereocenters. The molecule has 30 heavy (non-hydrogen) atoms. The molecule has 0 aliphatic heterocycles. The lowest BCUT2D eigenvalue weighted by Gasteiger charge is -2.35. The summed E-state index contributed by atoms with van der Waals surface area (Å²) in [6, 6.07) is 5.06. The van der Waals surface area contributed by atoms with Gasteiger partial charge in [0.05, 0.1) is 24.3 Å². The molecule has 0 saturated heterocycles. The molecule has 7 nitrogen and oxygen atoms in total. The van der Waals surface area contributed by atoms with Crippen molar-refractivity contribution >= 4 is 5.57 Å². The van der Waals surface area contributed by atoms with Crippen LogP contribution in [0.2, 0.25) is 0 Å². The normalized spacial score (nSPS) is 23.4. The smallest absolute Gasteiger partial charge is 0.177 e. The summed E-state index contributed by atoms with van der Waals surface area (Å²) in [7, 11) is 0. The second kappa shape index (κ2) is 7.78. The lowest BCUT2D eigenvalue weighted by atomic mass is 9.71. The van der Waals surface area contributed by atoms with E-state index < -0.39 is 6.17 Å². The zero-order valence-corrected chi connectivity index (χ0v) is 16.9. The average Bonchev–Trinajstić information content (AvgIpc) is 3.30. The number of nitrogens with zero attached hydrogens (tertiary/aromatic N) is 6. The Morgan fingerprint density at radius 1 is 1.37 bits per heavy atom. The van der Waals surface area contributed by atoms with Crippen LogP contribution in [-0.2, 0) is 0 Å². The Balaban J connectivity index is 1.56. The molecule has 0 radical (unpaired) electrons. The Labute approximate surface area is 174 Å². The third kappa shape index (κ3) is 3.72. The molecule has 3 atom stereocenters. The van der Waals surface area contributed by atoms with E-state index in [0.29, 0.717) is 34.8 Å². The Morgan fingerprint density at radius 3 is 2.83 bits per heavy atom. The highest BCUT2D eigenvalue weighted by atomic mass is 19.1. The molecule has 4 rings (SSSR count). The highest BCUT2D eigenvalue weighted by molar-refractivity contribution is 5.68. The zero-order valence-electron chi connectivity index (χ0n) is 16.9. The van der Waals surface area contributed by atoms with Crippen LogP contribution in [0.1, 0.15) is 32.5 Å². The van der Waals surface area contributed by atoms with Crippen molar-refractivity contribution in [2.24, 2.45) is 11.3 Å². The molecule has 154 valence electrons. The summed E-state index contributed by atoms with van der Waals surface area (Å²) in [5.74, 6) is -0.0486. The molecular weight excluding hydrogens is 383 g/mol. The van der Waals surface area contributed by atoms with Crippen molar-refractivity contribution in [3.05, 3.63) is 61.3 Å². The number of aromatic hydroxyl groups is 1. The van der Waals surface area contributed by atoms with Crippen molar-refractivity contribution < 1.29 is 9.50 Å². The van der Waals surface area contributed by atoms with Crippen LogP contribution in [0.4, 0.5) is 4.39 Å². The van der Waals surface area contributed by atoms with Gasteiger partial charge in [-0.1, -0.05) is 37.8 Å². The standard InChI is InChI=1S/C22H23FN6O/c1-4-22(3)8-7-18(23)17(12-22)14(2)21-24-13-19(26-27-21)16-6-5-15(11-20(16)30)29-10-9-25-28-29/h5-11,13,17-18,30H,2,4,12H2,1,3H3/t17-,18+,22+/m1/s1. The first kappa shape index (κ1) is 19.9. The molecule has 1 aromatic carbocycles. The van der Waals surface area contributed by atoms with E-state index in [1.807, 2.05) is 6.08 Å². The summed E-state index contributed by atoms with van der Waals surface area (Å²) < 4.78 is 16.1. The van der Waals surface area contributed by atoms with Gasteiger partial charge in [-0.3, -0.25) is 0 Å². The van der Waals surface area contributed by atoms with Gasteiger partial charge < -0.3 is 5.11 Å². The number of halogens is 1. The largest absolute Gasteiger partial charge is 0.507 e. The van der Waals surface area contributed by atoms with E-state index in [4.69, 9.17) is 0 Å². The van der Waals surface area contributed by atoms with Gasteiger partial charge >= 0.3 is 0 Å². The third-order valence-corrected chi connectivity index (χ3v) is 5.80. The van der Waals surface area contributed by atoms with E-state index in [1.165, 1.54) is 10.9 Å². The summed E-state index contributed by atoms with van der Waals surface area (Å²) in [4.78, 5) is 4.35. The molecule has 2 heterocycles. The van der Waals surface area contributed by atoms with Crippen LogP contribution < -0.4 is 0 Å². The molecule has 0 bridgehead atoms. The fraction of sp³-hybridized carbons (Fsp3) is 0.318. The Hall–Kier alpha value is -3.42. The quantitative estimate of drug-likeness (QED) is 0.640. The highest BCUT2D eigenvalue weighted by Gasteiger charge is 2.35. The SMILES string of the molecule is C=C(c1ncc(-c2ccc(-n3ccnn3)cc2O)nn1)[C@H]1C[C@@](C)(CC)C=C[C@@H]1F. The maximum Gasteiger partial charge on any atom is 0.177 e. The number of hydrogen-bond donors (Lipinski definition) is 1. The topological polar surface area (TPSA) is 89.6 Å². The van der Waals surface area contributed by atoms with Crippen LogP contribution in [0.5, 0.6) is 5.75 Å². The minimum Gasteiger partial charge on any atom is -0.507 e. The first-order valence-corrected chi connectivity index (χ1v) is 9.82. The number of hydrogen-bond acceptors (Lipinski definition) is 6. The van der Waals surface area contributed by atoms with Gasteiger partial charge in [-0.15, -0.1) is 15.3 Å². The van der Waals surface area contributed by atoms with Crippen LogP contribution in [-0.4, -0.2) is 41.5 Å². The van der Waals surface area contributed by atoms with Crippen molar-refractivity contribution in [1.82, 2.24) is 30.2 Å². The van der Waals surface area contributed by atoms with Crippen molar-refractivity contribution in [3.63, 3.8) is 0 Å². The third-order valence-electron chi connectivity index (χ3n) is 5.80. The molecule has 2 aromatic heterocycles. The van der Waals surface area contributed by atoms with E-state index >= 15 is 0 Å². The summed E-state index contributed by atoms with van der Waals surface area (Å²) in [6.07, 6.45) is 8.76. The van der Waals surface area contributed by atoms with Gasteiger partial charge in [0.15, 0.2) is 5.82 Å². The molecule has 1 aliphatic carbocycles. The predicted molar refractivity (Wildman–Crippen MR) is 111 cm³/mol. The van der Waals surface area contributed by atoms with E-state index in [2.05, 4.69) is 45.9 Å². The van der Waals surface area contributed by atoms with Gasteiger partial charge in [0.25, 0.3) is 0 Å². The van der Waals surface area contributed by atoms with Crippen molar-refractivity contribution in [1.29, 1.82) is 0 Å². The van der Waals surface area contributed by atoms with E-state index in [1.54, 1.807) is 36.7 Å². The highest BCUT2D eigenvalue weighted by Crippen LogP contribution is 2.42. The zero-order chi connectivity index (χ0) is 21.3. The second-order valence-electron chi connectivity index (χ2n) is 7.86. The minimum atomic E-state index is -1.12. The fourth-order valence-corrected chi connectivity index (χ4v) is 3.66.